The predicted molar refractivity (Wildman–Crippen MR) is 80.2 cm³/mol. The normalized spacial score (nSPS) is 10.6. The molecule has 6 nitrogen and oxygen atoms in total. The molecule has 0 saturated carbocycles. The number of likely N-dealkylation sites (N-methyl/N-ethyl adjacent to an activating group) is 1. The van der Waals surface area contributed by atoms with E-state index in [4.69, 9.17) is 5.84 Å². The van der Waals surface area contributed by atoms with E-state index in [1.54, 1.807) is 18.3 Å². The van der Waals surface area contributed by atoms with Crippen LogP contribution >= 0.6 is 0 Å². The van der Waals surface area contributed by atoms with Crippen LogP contribution in [0, 0.1) is 0 Å². The summed E-state index contributed by atoms with van der Waals surface area (Å²) >= 11 is 0. The van der Waals surface area contributed by atoms with Crippen LogP contribution in [0.1, 0.15) is 21.9 Å². The number of hydrazine groups is 1. The molecule has 0 radical (unpaired) electrons. The van der Waals surface area contributed by atoms with Crippen LogP contribution in [0.25, 0.3) is 0 Å². The summed E-state index contributed by atoms with van der Waals surface area (Å²) in [6.07, 6.45) is 2.67. The molecule has 0 spiro atoms. The predicted octanol–water partition coefficient (Wildman–Crippen LogP) is 0.755. The van der Waals surface area contributed by atoms with E-state index >= 15 is 0 Å². The monoisotopic (exact) mass is 285 g/mol. The Morgan fingerprint density at radius 1 is 1.24 bits per heavy atom. The summed E-state index contributed by atoms with van der Waals surface area (Å²) in [7, 11) is 2.01. The van der Waals surface area contributed by atoms with Crippen molar-refractivity contribution in [3.8, 4) is 0 Å². The third-order valence-corrected chi connectivity index (χ3v) is 3.08. The lowest BCUT2D eigenvalue weighted by Crippen LogP contribution is -2.31. The minimum absolute atomic E-state index is 0.327. The maximum atomic E-state index is 11.4. The number of carbonyl (C=O) groups is 1. The molecule has 0 aromatic carbocycles. The Morgan fingerprint density at radius 3 is 2.76 bits per heavy atom. The maximum absolute atomic E-state index is 11.4. The molecule has 0 saturated heterocycles. The van der Waals surface area contributed by atoms with Gasteiger partial charge in [-0.2, -0.15) is 0 Å². The van der Waals surface area contributed by atoms with Crippen LogP contribution in [0.3, 0.4) is 0 Å². The first kappa shape index (κ1) is 15.1. The molecule has 2 rings (SSSR count). The first-order valence-electron chi connectivity index (χ1n) is 6.74. The van der Waals surface area contributed by atoms with Gasteiger partial charge in [0.2, 0.25) is 0 Å². The number of rotatable bonds is 6. The molecule has 2 aromatic rings. The van der Waals surface area contributed by atoms with Gasteiger partial charge in [0.1, 0.15) is 5.69 Å². The number of amides is 1. The van der Waals surface area contributed by atoms with Gasteiger partial charge in [-0.05, 0) is 31.3 Å². The molecule has 0 unspecified atom stereocenters. The summed E-state index contributed by atoms with van der Waals surface area (Å²) in [4.78, 5) is 22.2. The molecule has 21 heavy (non-hydrogen) atoms. The summed E-state index contributed by atoms with van der Waals surface area (Å²) in [5.41, 5.74) is 4.31. The van der Waals surface area contributed by atoms with Crippen LogP contribution < -0.4 is 11.3 Å². The SMILES string of the molecule is CN(CCc1ccccn1)Cc1cccc(C(=O)NN)n1. The van der Waals surface area contributed by atoms with E-state index in [-0.39, 0.29) is 5.91 Å². The zero-order chi connectivity index (χ0) is 15.1. The van der Waals surface area contributed by atoms with Crippen LogP contribution in [0.4, 0.5) is 0 Å². The van der Waals surface area contributed by atoms with Crippen molar-refractivity contribution in [2.75, 3.05) is 13.6 Å². The largest absolute Gasteiger partial charge is 0.300 e. The van der Waals surface area contributed by atoms with Crippen molar-refractivity contribution in [3.05, 3.63) is 59.7 Å². The zero-order valence-electron chi connectivity index (χ0n) is 12.0. The Labute approximate surface area is 124 Å². The molecular formula is C15H19N5O. The molecule has 110 valence electrons. The summed E-state index contributed by atoms with van der Waals surface area (Å²) in [6.45, 7) is 1.53. The van der Waals surface area contributed by atoms with Crippen LogP contribution in [-0.4, -0.2) is 34.4 Å². The number of nitrogens with one attached hydrogen (secondary N) is 1. The fraction of sp³-hybridized carbons (Fsp3) is 0.267. The lowest BCUT2D eigenvalue weighted by molar-refractivity contribution is 0.0948. The molecule has 0 fully saturated rings. The summed E-state index contributed by atoms with van der Waals surface area (Å²) in [5, 5.41) is 0. The van der Waals surface area contributed by atoms with Gasteiger partial charge in [0.05, 0.1) is 5.69 Å². The molecule has 0 aliphatic heterocycles. The molecular weight excluding hydrogens is 266 g/mol. The van der Waals surface area contributed by atoms with Gasteiger partial charge >= 0.3 is 0 Å². The summed E-state index contributed by atoms with van der Waals surface area (Å²) < 4.78 is 0. The number of nitrogens with two attached hydrogens (primary N) is 1. The summed E-state index contributed by atoms with van der Waals surface area (Å²) in [6, 6.07) is 11.2. The number of carbonyl (C=O) groups excluding carboxylic acids is 1. The Hall–Kier alpha value is -2.31. The van der Waals surface area contributed by atoms with Crippen LogP contribution in [0.5, 0.6) is 0 Å². The number of hydrogen-bond acceptors (Lipinski definition) is 5. The van der Waals surface area contributed by atoms with Gasteiger partial charge in [-0.1, -0.05) is 12.1 Å². The van der Waals surface area contributed by atoms with E-state index in [0.29, 0.717) is 12.2 Å². The fourth-order valence-electron chi connectivity index (χ4n) is 1.98. The highest BCUT2D eigenvalue weighted by molar-refractivity contribution is 5.91. The standard InChI is InChI=1S/C15H19N5O/c1-20(10-8-12-5-2-3-9-17-12)11-13-6-4-7-14(18-13)15(21)19-16/h2-7,9H,8,10-11,16H2,1H3,(H,19,21). The van der Waals surface area contributed by atoms with Crippen molar-refractivity contribution in [1.82, 2.24) is 20.3 Å². The van der Waals surface area contributed by atoms with Crippen molar-refractivity contribution in [1.29, 1.82) is 0 Å². The van der Waals surface area contributed by atoms with Crippen LogP contribution in [0.15, 0.2) is 42.6 Å². The first-order valence-corrected chi connectivity index (χ1v) is 6.74. The Bertz CT molecular complexity index is 588. The van der Waals surface area contributed by atoms with Crippen LogP contribution in [0.2, 0.25) is 0 Å². The highest BCUT2D eigenvalue weighted by Gasteiger charge is 2.07. The van der Waals surface area contributed by atoms with Crippen molar-refractivity contribution in [2.45, 2.75) is 13.0 Å². The first-order chi connectivity index (χ1) is 10.2. The number of pyridine rings is 2. The van der Waals surface area contributed by atoms with E-state index in [2.05, 4.69) is 20.3 Å². The average molecular weight is 285 g/mol. The molecule has 6 heteroatoms. The van der Waals surface area contributed by atoms with E-state index in [9.17, 15) is 4.79 Å². The lowest BCUT2D eigenvalue weighted by atomic mass is 10.2. The number of aromatic nitrogens is 2. The maximum Gasteiger partial charge on any atom is 0.283 e. The second-order valence-corrected chi connectivity index (χ2v) is 4.80. The second kappa shape index (κ2) is 7.47. The molecule has 2 aromatic heterocycles. The molecule has 0 bridgehead atoms. The lowest BCUT2D eigenvalue weighted by Gasteiger charge is -2.16. The van der Waals surface area contributed by atoms with Gasteiger partial charge in [-0.3, -0.25) is 15.2 Å². The smallest absolute Gasteiger partial charge is 0.283 e. The molecule has 0 aliphatic carbocycles. The van der Waals surface area contributed by atoms with Gasteiger partial charge in [0.15, 0.2) is 0 Å². The third-order valence-electron chi connectivity index (χ3n) is 3.08. The molecule has 3 N–H and O–H groups in total. The fourth-order valence-corrected chi connectivity index (χ4v) is 1.98. The zero-order valence-corrected chi connectivity index (χ0v) is 12.0. The Kier molecular flexibility index (Phi) is 5.36. The summed E-state index contributed by atoms with van der Waals surface area (Å²) in [5.74, 6) is 4.73. The van der Waals surface area contributed by atoms with Crippen molar-refractivity contribution in [3.63, 3.8) is 0 Å². The molecule has 0 atom stereocenters. The van der Waals surface area contributed by atoms with Gasteiger partial charge in [-0.25, -0.2) is 10.8 Å². The molecule has 1 amide bonds. The quantitative estimate of drug-likeness (QED) is 0.465. The van der Waals surface area contributed by atoms with E-state index in [1.165, 1.54) is 0 Å². The van der Waals surface area contributed by atoms with E-state index in [1.807, 2.05) is 31.3 Å². The number of hydrogen-bond donors (Lipinski definition) is 2. The van der Waals surface area contributed by atoms with Crippen molar-refractivity contribution >= 4 is 5.91 Å². The van der Waals surface area contributed by atoms with Gasteiger partial charge in [0, 0.05) is 31.4 Å². The van der Waals surface area contributed by atoms with Crippen LogP contribution in [-0.2, 0) is 13.0 Å². The highest BCUT2D eigenvalue weighted by Crippen LogP contribution is 2.04. The minimum Gasteiger partial charge on any atom is -0.300 e. The number of nitrogens with zero attached hydrogens (tertiary/aromatic N) is 3. The van der Waals surface area contributed by atoms with Gasteiger partial charge in [0.25, 0.3) is 5.91 Å². The highest BCUT2D eigenvalue weighted by atomic mass is 16.2. The molecule has 2 heterocycles. The Morgan fingerprint density at radius 2 is 2.05 bits per heavy atom. The van der Waals surface area contributed by atoms with Gasteiger partial charge < -0.3 is 4.90 Å². The molecule has 0 aliphatic rings. The topological polar surface area (TPSA) is 84.1 Å². The van der Waals surface area contributed by atoms with E-state index < -0.39 is 0 Å². The minimum atomic E-state index is -0.381. The van der Waals surface area contributed by atoms with E-state index in [0.717, 1.165) is 24.4 Å². The second-order valence-electron chi connectivity index (χ2n) is 4.80. The average Bonchev–Trinajstić information content (AvgIpc) is 2.53. The number of nitrogen functional groups attached to an aromatic ring is 1. The van der Waals surface area contributed by atoms with Crippen molar-refractivity contribution < 1.29 is 4.79 Å². The third kappa shape index (κ3) is 4.62. The van der Waals surface area contributed by atoms with Gasteiger partial charge in [-0.15, -0.1) is 0 Å². The Balaban J connectivity index is 1.90. The van der Waals surface area contributed by atoms with Crippen molar-refractivity contribution in [2.24, 2.45) is 5.84 Å².